The van der Waals surface area contributed by atoms with E-state index in [4.69, 9.17) is 10.8 Å². The number of carbonyl (C=O) groups is 1. The van der Waals surface area contributed by atoms with E-state index in [2.05, 4.69) is 5.32 Å². The average Bonchev–Trinajstić information content (AvgIpc) is 2.07. The van der Waals surface area contributed by atoms with Crippen molar-refractivity contribution in [1.29, 1.82) is 0 Å². The van der Waals surface area contributed by atoms with E-state index in [0.29, 0.717) is 6.42 Å². The van der Waals surface area contributed by atoms with Crippen molar-refractivity contribution in [2.45, 2.75) is 39.8 Å². The molecule has 1 unspecified atom stereocenters. The van der Waals surface area contributed by atoms with Gasteiger partial charge >= 0.3 is 0 Å². The predicted octanol–water partition coefficient (Wildman–Crippen LogP) is 0.206. The van der Waals surface area contributed by atoms with Gasteiger partial charge in [0.2, 0.25) is 5.91 Å². The summed E-state index contributed by atoms with van der Waals surface area (Å²) in [5.41, 5.74) is 4.43. The minimum Gasteiger partial charge on any atom is -0.393 e. The zero-order valence-electron chi connectivity index (χ0n) is 8.35. The fraction of sp³-hybridized carbons (Fsp3) is 0.875. The highest BCUT2D eigenvalue weighted by Crippen LogP contribution is 1.91. The molecule has 4 N–H and O–H groups in total. The molecule has 1 atom stereocenters. The first-order valence-corrected chi connectivity index (χ1v) is 4.22. The van der Waals surface area contributed by atoms with Crippen LogP contribution in [0, 0.1) is 0 Å². The quantitative estimate of drug-likeness (QED) is 0.538. The van der Waals surface area contributed by atoms with Gasteiger partial charge in [0.15, 0.2) is 0 Å². The molecule has 12 heavy (non-hydrogen) atoms. The van der Waals surface area contributed by atoms with Crippen LogP contribution in [0.15, 0.2) is 0 Å². The first kappa shape index (κ1) is 13.9. The molecule has 0 aliphatic rings. The van der Waals surface area contributed by atoms with E-state index in [1.165, 1.54) is 0 Å². The van der Waals surface area contributed by atoms with Crippen molar-refractivity contribution >= 4 is 5.91 Å². The molecule has 0 aromatic heterocycles. The number of rotatable bonds is 3. The number of aliphatic hydroxyl groups excluding tert-OH is 1. The first-order chi connectivity index (χ1) is 5.52. The Kier molecular flexibility index (Phi) is 8.21. The lowest BCUT2D eigenvalue weighted by molar-refractivity contribution is -0.123. The molecular formula is C8H20N2O2. The second kappa shape index (κ2) is 7.06. The van der Waals surface area contributed by atoms with E-state index in [1.54, 1.807) is 13.8 Å². The molecule has 0 aromatic rings. The maximum Gasteiger partial charge on any atom is 0.221 e. The molecule has 1 amide bonds. The van der Waals surface area contributed by atoms with Gasteiger partial charge in [-0.15, -0.1) is 0 Å². The van der Waals surface area contributed by atoms with Crippen molar-refractivity contribution in [2.75, 3.05) is 6.61 Å². The molecule has 74 valence electrons. The number of hydrogen-bond acceptors (Lipinski definition) is 3. The van der Waals surface area contributed by atoms with Crippen LogP contribution in [0.4, 0.5) is 0 Å². The summed E-state index contributed by atoms with van der Waals surface area (Å²) in [6, 6.07) is 0. The van der Waals surface area contributed by atoms with Gasteiger partial charge in [-0.1, -0.05) is 20.8 Å². The number of aliphatic hydroxyl groups is 1. The summed E-state index contributed by atoms with van der Waals surface area (Å²) in [4.78, 5) is 10.7. The molecule has 0 saturated heterocycles. The van der Waals surface area contributed by atoms with Gasteiger partial charge in [0.25, 0.3) is 0 Å². The maximum atomic E-state index is 10.7. The van der Waals surface area contributed by atoms with E-state index in [-0.39, 0.29) is 12.5 Å². The van der Waals surface area contributed by atoms with E-state index >= 15 is 0 Å². The first-order valence-electron chi connectivity index (χ1n) is 4.22. The lowest BCUT2D eigenvalue weighted by Crippen LogP contribution is -2.56. The molecule has 0 radical (unpaired) electrons. The molecule has 0 spiro atoms. The third-order valence-corrected chi connectivity index (χ3v) is 1.07. The molecule has 0 aromatic carbocycles. The van der Waals surface area contributed by atoms with Crippen LogP contribution in [0.5, 0.6) is 0 Å². The molecule has 0 aliphatic heterocycles. The van der Waals surface area contributed by atoms with Gasteiger partial charge in [-0.05, 0) is 6.92 Å². The number of nitrogens with two attached hydrogens (primary N) is 1. The highest BCUT2D eigenvalue weighted by atomic mass is 16.3. The molecule has 0 fully saturated rings. The van der Waals surface area contributed by atoms with Crippen LogP contribution in [-0.4, -0.2) is 23.3 Å². The topological polar surface area (TPSA) is 75.4 Å². The molecule has 0 aliphatic carbocycles. The number of hydrogen-bond donors (Lipinski definition) is 3. The Hall–Kier alpha value is -0.610. The largest absolute Gasteiger partial charge is 0.393 e. The Labute approximate surface area is 74.1 Å². The SMILES string of the molecule is CC.CCC(=O)NC(C)(N)CO. The van der Waals surface area contributed by atoms with Gasteiger partial charge in [-0.3, -0.25) is 4.79 Å². The monoisotopic (exact) mass is 176 g/mol. The number of carbonyl (C=O) groups excluding carboxylic acids is 1. The molecule has 0 rings (SSSR count). The van der Waals surface area contributed by atoms with Gasteiger partial charge in [-0.25, -0.2) is 0 Å². The number of amides is 1. The Bertz CT molecular complexity index is 124. The zero-order chi connectivity index (χ0) is 10.2. The van der Waals surface area contributed by atoms with E-state index in [0.717, 1.165) is 0 Å². The summed E-state index contributed by atoms with van der Waals surface area (Å²) >= 11 is 0. The average molecular weight is 176 g/mol. The Morgan fingerprint density at radius 1 is 1.58 bits per heavy atom. The van der Waals surface area contributed by atoms with Crippen molar-refractivity contribution in [3.63, 3.8) is 0 Å². The summed E-state index contributed by atoms with van der Waals surface area (Å²) in [7, 11) is 0. The van der Waals surface area contributed by atoms with Crippen LogP contribution in [0.25, 0.3) is 0 Å². The van der Waals surface area contributed by atoms with Crippen LogP contribution >= 0.6 is 0 Å². The molecule has 0 heterocycles. The van der Waals surface area contributed by atoms with E-state index in [1.807, 2.05) is 13.8 Å². The van der Waals surface area contributed by atoms with Crippen LogP contribution in [0.3, 0.4) is 0 Å². The van der Waals surface area contributed by atoms with Crippen LogP contribution < -0.4 is 11.1 Å². The third-order valence-electron chi connectivity index (χ3n) is 1.07. The van der Waals surface area contributed by atoms with E-state index < -0.39 is 5.66 Å². The normalized spacial score (nSPS) is 13.8. The fourth-order valence-corrected chi connectivity index (χ4v) is 0.446. The van der Waals surface area contributed by atoms with Crippen LogP contribution in [0.1, 0.15) is 34.1 Å². The van der Waals surface area contributed by atoms with Gasteiger partial charge < -0.3 is 16.2 Å². The van der Waals surface area contributed by atoms with E-state index in [9.17, 15) is 4.79 Å². The Balaban J connectivity index is 0. The van der Waals surface area contributed by atoms with Gasteiger partial charge in [0.05, 0.1) is 6.61 Å². The summed E-state index contributed by atoms with van der Waals surface area (Å²) in [5.74, 6) is -0.154. The van der Waals surface area contributed by atoms with Crippen molar-refractivity contribution in [2.24, 2.45) is 5.73 Å². The standard InChI is InChI=1S/C6H14N2O2.C2H6/c1-3-5(10)8-6(2,7)4-9;1-2/h9H,3-4,7H2,1-2H3,(H,8,10);1-2H3. The highest BCUT2D eigenvalue weighted by Gasteiger charge is 2.17. The van der Waals surface area contributed by atoms with Gasteiger partial charge in [-0.2, -0.15) is 0 Å². The summed E-state index contributed by atoms with van der Waals surface area (Å²) < 4.78 is 0. The van der Waals surface area contributed by atoms with Crippen LogP contribution in [0.2, 0.25) is 0 Å². The Morgan fingerprint density at radius 3 is 2.25 bits per heavy atom. The smallest absolute Gasteiger partial charge is 0.221 e. The van der Waals surface area contributed by atoms with Gasteiger partial charge in [0, 0.05) is 6.42 Å². The summed E-state index contributed by atoms with van der Waals surface area (Å²) in [6.07, 6.45) is 0.382. The molecule has 0 saturated carbocycles. The number of nitrogens with one attached hydrogen (secondary N) is 1. The second-order valence-corrected chi connectivity index (χ2v) is 2.48. The van der Waals surface area contributed by atoms with Crippen molar-refractivity contribution in [1.82, 2.24) is 5.32 Å². The fourth-order valence-electron chi connectivity index (χ4n) is 0.446. The lowest BCUT2D eigenvalue weighted by Gasteiger charge is -2.22. The molecular weight excluding hydrogens is 156 g/mol. The zero-order valence-corrected chi connectivity index (χ0v) is 8.35. The third kappa shape index (κ3) is 7.50. The minimum atomic E-state index is -0.979. The molecule has 4 heteroatoms. The van der Waals surface area contributed by atoms with Crippen molar-refractivity contribution in [3.05, 3.63) is 0 Å². The van der Waals surface area contributed by atoms with Crippen molar-refractivity contribution < 1.29 is 9.90 Å². The summed E-state index contributed by atoms with van der Waals surface area (Å²) in [6.45, 7) is 7.03. The lowest BCUT2D eigenvalue weighted by atomic mass is 10.2. The molecule has 4 nitrogen and oxygen atoms in total. The second-order valence-electron chi connectivity index (χ2n) is 2.48. The maximum absolute atomic E-state index is 10.7. The van der Waals surface area contributed by atoms with Gasteiger partial charge in [0.1, 0.15) is 5.66 Å². The summed E-state index contributed by atoms with van der Waals surface area (Å²) in [5, 5.41) is 11.0. The minimum absolute atomic E-state index is 0.154. The van der Waals surface area contributed by atoms with Crippen LogP contribution in [-0.2, 0) is 4.79 Å². The highest BCUT2D eigenvalue weighted by molar-refractivity contribution is 5.76. The van der Waals surface area contributed by atoms with Crippen molar-refractivity contribution in [3.8, 4) is 0 Å². The Morgan fingerprint density at radius 2 is 2.00 bits per heavy atom. The molecule has 0 bridgehead atoms. The predicted molar refractivity (Wildman–Crippen MR) is 49.5 cm³/mol.